The number of carbonyl (C=O) groups is 2. The zero-order chi connectivity index (χ0) is 68.3. The molecule has 0 N–H and O–H groups in total. The highest BCUT2D eigenvalue weighted by atomic mass is 31.2. The Morgan fingerprint density at radius 3 is 0.851 bits per heavy atom. The van der Waals surface area contributed by atoms with Crippen LogP contribution in [-0.2, 0) is 32.7 Å². The van der Waals surface area contributed by atoms with Gasteiger partial charge in [0.25, 0.3) is 7.82 Å². The molecule has 0 heterocycles. The van der Waals surface area contributed by atoms with Gasteiger partial charge in [0.1, 0.15) is 19.8 Å². The van der Waals surface area contributed by atoms with Crippen LogP contribution in [0.1, 0.15) is 322 Å². The molecule has 0 saturated heterocycles. The molecule has 2 atom stereocenters. The van der Waals surface area contributed by atoms with Crippen molar-refractivity contribution in [2.75, 3.05) is 47.5 Å². The third-order valence-electron chi connectivity index (χ3n) is 16.4. The van der Waals surface area contributed by atoms with Crippen molar-refractivity contribution in [1.29, 1.82) is 0 Å². The third-order valence-corrected chi connectivity index (χ3v) is 17.3. The molecule has 0 aromatic carbocycles. The zero-order valence-electron chi connectivity index (χ0n) is 61.4. The molecule has 0 rings (SSSR count). The molecule has 538 valence electrons. The van der Waals surface area contributed by atoms with Crippen molar-refractivity contribution in [1.82, 2.24) is 0 Å². The lowest BCUT2D eigenvalue weighted by atomic mass is 10.0. The molecule has 0 spiro atoms. The first-order chi connectivity index (χ1) is 46.0. The highest BCUT2D eigenvalue weighted by Gasteiger charge is 2.22. The van der Waals surface area contributed by atoms with Crippen molar-refractivity contribution in [2.24, 2.45) is 0 Å². The van der Waals surface area contributed by atoms with Crippen molar-refractivity contribution in [3.05, 3.63) is 146 Å². The van der Waals surface area contributed by atoms with Crippen LogP contribution in [0.15, 0.2) is 146 Å². The van der Waals surface area contributed by atoms with E-state index in [2.05, 4.69) is 160 Å². The monoisotopic (exact) mass is 1330 g/mol. The van der Waals surface area contributed by atoms with Crippen molar-refractivity contribution >= 4 is 19.8 Å². The quantitative estimate of drug-likeness (QED) is 0.0195. The van der Waals surface area contributed by atoms with Gasteiger partial charge >= 0.3 is 11.9 Å². The van der Waals surface area contributed by atoms with Crippen LogP contribution in [0.4, 0.5) is 0 Å². The highest BCUT2D eigenvalue weighted by molar-refractivity contribution is 7.45. The average Bonchev–Trinajstić information content (AvgIpc) is 1.68. The van der Waals surface area contributed by atoms with Crippen LogP contribution in [0.3, 0.4) is 0 Å². The van der Waals surface area contributed by atoms with Crippen molar-refractivity contribution in [3.63, 3.8) is 0 Å². The molecule has 0 aromatic rings. The third kappa shape index (κ3) is 76.9. The molecule has 0 fully saturated rings. The molecule has 10 heteroatoms. The summed E-state index contributed by atoms with van der Waals surface area (Å²) in [6.07, 6.45) is 108. The summed E-state index contributed by atoms with van der Waals surface area (Å²) in [6.45, 7) is 4.03. The Morgan fingerprint density at radius 1 is 0.330 bits per heavy atom. The van der Waals surface area contributed by atoms with E-state index in [1.165, 1.54) is 173 Å². The Morgan fingerprint density at radius 2 is 0.574 bits per heavy atom. The lowest BCUT2D eigenvalue weighted by Gasteiger charge is -2.28. The maximum atomic E-state index is 12.9. The minimum absolute atomic E-state index is 0.0352. The molecular formula is C84H144NO8P. The number of likely N-dealkylation sites (N-methyl/N-ethyl adjacent to an activating group) is 1. The molecular weight excluding hydrogens is 1180 g/mol. The minimum Gasteiger partial charge on any atom is -0.756 e. The van der Waals surface area contributed by atoms with Crippen LogP contribution in [-0.4, -0.2) is 70.0 Å². The number of quaternary nitrogens is 1. The van der Waals surface area contributed by atoms with Gasteiger partial charge in [-0.3, -0.25) is 14.2 Å². The lowest BCUT2D eigenvalue weighted by Crippen LogP contribution is -2.37. The number of hydrogen-bond donors (Lipinski definition) is 0. The molecule has 94 heavy (non-hydrogen) atoms. The fourth-order valence-corrected chi connectivity index (χ4v) is 11.3. The van der Waals surface area contributed by atoms with E-state index in [1.807, 2.05) is 21.1 Å². The summed E-state index contributed by atoms with van der Waals surface area (Å²) in [4.78, 5) is 38.2. The first kappa shape index (κ1) is 89.9. The van der Waals surface area contributed by atoms with E-state index < -0.39 is 26.5 Å². The molecule has 0 aliphatic heterocycles. The lowest BCUT2D eigenvalue weighted by molar-refractivity contribution is -0.870. The Bertz CT molecular complexity index is 2100. The minimum atomic E-state index is -4.65. The second-order valence-electron chi connectivity index (χ2n) is 26.6. The van der Waals surface area contributed by atoms with Gasteiger partial charge in [0.05, 0.1) is 27.7 Å². The van der Waals surface area contributed by atoms with Gasteiger partial charge in [0.15, 0.2) is 6.10 Å². The Hall–Kier alpha value is -4.11. The molecule has 0 saturated carbocycles. The van der Waals surface area contributed by atoms with E-state index >= 15 is 0 Å². The van der Waals surface area contributed by atoms with Crippen LogP contribution in [0.25, 0.3) is 0 Å². The molecule has 0 aliphatic rings. The fraction of sp³-hybridized carbons (Fsp3) is 0.690. The second kappa shape index (κ2) is 73.1. The van der Waals surface area contributed by atoms with Gasteiger partial charge in [-0.05, 0) is 116 Å². The number of carbonyl (C=O) groups excluding carboxylic acids is 2. The topological polar surface area (TPSA) is 111 Å². The van der Waals surface area contributed by atoms with Gasteiger partial charge in [0.2, 0.25) is 0 Å². The Kier molecular flexibility index (Phi) is 69.9. The first-order valence-corrected chi connectivity index (χ1v) is 40.0. The molecule has 2 unspecified atom stereocenters. The summed E-state index contributed by atoms with van der Waals surface area (Å²) >= 11 is 0. The predicted octanol–water partition coefficient (Wildman–Crippen LogP) is 25.1. The van der Waals surface area contributed by atoms with Crippen molar-refractivity contribution in [2.45, 2.75) is 328 Å². The largest absolute Gasteiger partial charge is 0.756 e. The zero-order valence-corrected chi connectivity index (χ0v) is 62.3. The number of ether oxygens (including phenoxy) is 2. The first-order valence-electron chi connectivity index (χ1n) is 38.5. The summed E-state index contributed by atoms with van der Waals surface area (Å²) in [5.74, 6) is -0.829. The van der Waals surface area contributed by atoms with Crippen LogP contribution in [0.5, 0.6) is 0 Å². The number of phosphoric acid groups is 1. The van der Waals surface area contributed by atoms with Gasteiger partial charge in [-0.1, -0.05) is 339 Å². The predicted molar refractivity (Wildman–Crippen MR) is 406 cm³/mol. The van der Waals surface area contributed by atoms with Crippen molar-refractivity contribution in [3.8, 4) is 0 Å². The highest BCUT2D eigenvalue weighted by Crippen LogP contribution is 2.38. The van der Waals surface area contributed by atoms with Crippen LogP contribution in [0.2, 0.25) is 0 Å². The summed E-state index contributed by atoms with van der Waals surface area (Å²) in [6, 6.07) is 0. The summed E-state index contributed by atoms with van der Waals surface area (Å²) in [5.41, 5.74) is 0. The van der Waals surface area contributed by atoms with Crippen LogP contribution >= 0.6 is 7.82 Å². The molecule has 0 amide bonds. The summed E-state index contributed by atoms with van der Waals surface area (Å²) in [5, 5.41) is 0. The van der Waals surface area contributed by atoms with E-state index in [9.17, 15) is 19.0 Å². The number of esters is 2. The van der Waals surface area contributed by atoms with E-state index in [1.54, 1.807) is 0 Å². The molecule has 9 nitrogen and oxygen atoms in total. The smallest absolute Gasteiger partial charge is 0.306 e. The van der Waals surface area contributed by atoms with Gasteiger partial charge in [0, 0.05) is 12.8 Å². The number of rotatable bonds is 70. The number of phosphoric ester groups is 1. The van der Waals surface area contributed by atoms with Gasteiger partial charge in [-0.2, -0.15) is 0 Å². The van der Waals surface area contributed by atoms with E-state index in [4.69, 9.17) is 18.5 Å². The van der Waals surface area contributed by atoms with Crippen LogP contribution in [0, 0.1) is 0 Å². The van der Waals surface area contributed by atoms with Gasteiger partial charge in [-0.25, -0.2) is 0 Å². The van der Waals surface area contributed by atoms with E-state index in [0.29, 0.717) is 17.4 Å². The molecule has 0 aliphatic carbocycles. The molecule has 0 aromatic heterocycles. The number of nitrogens with zero attached hydrogens (tertiary/aromatic N) is 1. The maximum Gasteiger partial charge on any atom is 0.306 e. The average molecular weight is 1330 g/mol. The Balaban J connectivity index is 4.01. The molecule has 0 bridgehead atoms. The molecule has 0 radical (unpaired) electrons. The van der Waals surface area contributed by atoms with Gasteiger partial charge in [-0.15, -0.1) is 0 Å². The standard InChI is InChI=1S/C84H144NO8P/c1-6-8-10-12-14-16-18-20-22-24-26-28-30-32-34-36-38-40-42-44-46-48-50-52-54-56-58-60-62-64-66-68-70-72-74-76-83(86)90-80-82(81-92-94(88,89)91-79-78-85(3,4)5)93-84(87)77-75-73-71-69-67-65-63-61-59-57-55-53-51-49-47-45-43-41-39-37-35-33-31-29-27-25-23-21-19-17-15-13-11-9-7-2/h8-11,14-17,20-23,26-29,32-35,39,41,45,47,82H,6-7,12-13,18-19,24-25,30-31,36-38,40,42-44,46,48-81H2,1-5H3/b10-8-,11-9-,16-14-,17-15-,22-20-,23-21-,28-26-,29-27-,34-32-,35-33-,41-39-,47-45-. The fourth-order valence-electron chi connectivity index (χ4n) is 10.5. The maximum absolute atomic E-state index is 12.9. The van der Waals surface area contributed by atoms with Gasteiger partial charge < -0.3 is 27.9 Å². The van der Waals surface area contributed by atoms with Crippen molar-refractivity contribution < 1.29 is 42.1 Å². The summed E-state index contributed by atoms with van der Waals surface area (Å²) in [7, 11) is 1.16. The number of allylic oxidation sites excluding steroid dienone is 24. The Labute approximate surface area is 580 Å². The SMILES string of the molecule is CC/C=C\C/C=C\C/C=C\C/C=C\C/C=C\C/C=C\C/C=C\CCCCCCCCCCCCCCCC(=O)OC(COC(=O)CCCCCCCCCCCCCCCCCCCCC/C=C\C/C=C\C/C=C\C/C=C\C/C=C\CC)COP(=O)([O-])OCC[N+](C)(C)C. The number of unbranched alkanes of at least 4 members (excludes halogenated alkanes) is 32. The summed E-state index contributed by atoms with van der Waals surface area (Å²) < 4.78 is 34.4. The van der Waals surface area contributed by atoms with E-state index in [-0.39, 0.29) is 32.0 Å². The number of hydrogen-bond acceptors (Lipinski definition) is 8. The van der Waals surface area contributed by atoms with Crippen LogP contribution < -0.4 is 4.89 Å². The normalized spacial score (nSPS) is 13.9. The second-order valence-corrected chi connectivity index (χ2v) is 28.0. The van der Waals surface area contributed by atoms with E-state index in [0.717, 1.165) is 116 Å².